The summed E-state index contributed by atoms with van der Waals surface area (Å²) in [5, 5.41) is 11.3. The van der Waals surface area contributed by atoms with Gasteiger partial charge in [-0.3, -0.25) is 10.1 Å². The van der Waals surface area contributed by atoms with Crippen molar-refractivity contribution in [3.05, 3.63) is 40.4 Å². The molecule has 1 aliphatic carbocycles. The summed E-state index contributed by atoms with van der Waals surface area (Å²) in [5.41, 5.74) is 1.29. The van der Waals surface area contributed by atoms with Crippen LogP contribution in [0.5, 0.6) is 0 Å². The Kier molecular flexibility index (Phi) is 6.46. The van der Waals surface area contributed by atoms with Crippen LogP contribution in [0.2, 0.25) is 5.02 Å². The van der Waals surface area contributed by atoms with Crippen LogP contribution in [0.3, 0.4) is 0 Å². The second-order valence-corrected chi connectivity index (χ2v) is 7.60. The molecule has 0 unspecified atom stereocenters. The van der Waals surface area contributed by atoms with Gasteiger partial charge in [-0.25, -0.2) is 9.78 Å². The number of rotatable bonds is 5. The molecule has 1 saturated carbocycles. The van der Waals surface area contributed by atoms with Crippen LogP contribution in [0.1, 0.15) is 37.8 Å². The van der Waals surface area contributed by atoms with Crippen molar-refractivity contribution in [1.82, 2.24) is 10.3 Å². The van der Waals surface area contributed by atoms with Crippen LogP contribution in [0, 0.1) is 0 Å². The van der Waals surface area contributed by atoms with Crippen molar-refractivity contribution in [3.63, 3.8) is 0 Å². The van der Waals surface area contributed by atoms with Gasteiger partial charge in [-0.05, 0) is 37.1 Å². The van der Waals surface area contributed by atoms with E-state index in [-0.39, 0.29) is 24.4 Å². The summed E-state index contributed by atoms with van der Waals surface area (Å²) in [6, 6.07) is 6.72. The smallest absolute Gasteiger partial charge is 0.325 e. The first-order valence-electron chi connectivity index (χ1n) is 8.66. The first kappa shape index (κ1) is 18.7. The molecule has 3 amide bonds. The van der Waals surface area contributed by atoms with Gasteiger partial charge in [0.2, 0.25) is 5.91 Å². The molecule has 3 rings (SSSR count). The van der Waals surface area contributed by atoms with Gasteiger partial charge < -0.3 is 10.6 Å². The summed E-state index contributed by atoms with van der Waals surface area (Å²) < 4.78 is 0. The summed E-state index contributed by atoms with van der Waals surface area (Å²) in [6.07, 6.45) is 5.96. The molecule has 1 fully saturated rings. The van der Waals surface area contributed by atoms with Crippen molar-refractivity contribution in [3.8, 4) is 0 Å². The molecular weight excluding hydrogens is 372 g/mol. The minimum Gasteiger partial charge on any atom is -0.353 e. The zero-order valence-electron chi connectivity index (χ0n) is 14.3. The second-order valence-electron chi connectivity index (χ2n) is 6.31. The third-order valence-electron chi connectivity index (χ3n) is 4.19. The highest BCUT2D eigenvalue weighted by molar-refractivity contribution is 7.14. The Balaban J connectivity index is 1.46. The lowest BCUT2D eigenvalue weighted by molar-refractivity contribution is -0.121. The van der Waals surface area contributed by atoms with E-state index in [0.29, 0.717) is 21.5 Å². The van der Waals surface area contributed by atoms with Crippen LogP contribution in [-0.2, 0) is 11.2 Å². The normalized spacial score (nSPS) is 14.7. The topological polar surface area (TPSA) is 83.1 Å². The summed E-state index contributed by atoms with van der Waals surface area (Å²) in [7, 11) is 0. The average Bonchev–Trinajstić information content (AvgIpc) is 3.04. The molecule has 138 valence electrons. The Morgan fingerprint density at radius 1 is 1.12 bits per heavy atom. The van der Waals surface area contributed by atoms with Crippen molar-refractivity contribution >= 4 is 45.7 Å². The zero-order chi connectivity index (χ0) is 18.4. The Morgan fingerprint density at radius 3 is 2.58 bits per heavy atom. The predicted molar refractivity (Wildman–Crippen MR) is 105 cm³/mol. The zero-order valence-corrected chi connectivity index (χ0v) is 15.8. The van der Waals surface area contributed by atoms with Crippen LogP contribution in [0.25, 0.3) is 0 Å². The highest BCUT2D eigenvalue weighted by Gasteiger charge is 2.17. The SMILES string of the molecule is O=C(Cc1csc(NC(=O)Nc2ccc(Cl)cc2)n1)NC1CCCCC1. The van der Waals surface area contributed by atoms with E-state index in [0.717, 1.165) is 12.8 Å². The first-order valence-corrected chi connectivity index (χ1v) is 9.91. The predicted octanol–water partition coefficient (Wildman–Crippen LogP) is 4.43. The number of hydrogen-bond acceptors (Lipinski definition) is 4. The van der Waals surface area contributed by atoms with E-state index < -0.39 is 0 Å². The van der Waals surface area contributed by atoms with Crippen LogP contribution in [0.15, 0.2) is 29.6 Å². The van der Waals surface area contributed by atoms with Crippen LogP contribution in [0.4, 0.5) is 15.6 Å². The Hall–Kier alpha value is -2.12. The number of carbonyl (C=O) groups excluding carboxylic acids is 2. The number of carbonyl (C=O) groups is 2. The number of benzene rings is 1. The van der Waals surface area contributed by atoms with Gasteiger partial charge in [0.25, 0.3) is 0 Å². The highest BCUT2D eigenvalue weighted by atomic mass is 35.5. The molecule has 26 heavy (non-hydrogen) atoms. The molecule has 0 saturated heterocycles. The minimum absolute atomic E-state index is 0.0145. The molecule has 0 aliphatic heterocycles. The van der Waals surface area contributed by atoms with Crippen LogP contribution in [-0.4, -0.2) is 23.0 Å². The fraction of sp³-hybridized carbons (Fsp3) is 0.389. The van der Waals surface area contributed by atoms with Gasteiger partial charge in [-0.2, -0.15) is 0 Å². The van der Waals surface area contributed by atoms with E-state index in [9.17, 15) is 9.59 Å². The molecule has 0 radical (unpaired) electrons. The summed E-state index contributed by atoms with van der Waals surface area (Å²) in [6.45, 7) is 0. The fourth-order valence-electron chi connectivity index (χ4n) is 2.93. The number of amides is 3. The molecule has 1 heterocycles. The number of anilines is 2. The lowest BCUT2D eigenvalue weighted by Gasteiger charge is -2.22. The second kappa shape index (κ2) is 9.00. The van der Waals surface area contributed by atoms with Crippen molar-refractivity contribution in [2.24, 2.45) is 0 Å². The van der Waals surface area contributed by atoms with Gasteiger partial charge in [0.15, 0.2) is 5.13 Å². The summed E-state index contributed by atoms with van der Waals surface area (Å²) in [5.74, 6) is -0.0145. The lowest BCUT2D eigenvalue weighted by Crippen LogP contribution is -2.37. The third-order valence-corrected chi connectivity index (χ3v) is 5.24. The number of thiazole rings is 1. The van der Waals surface area contributed by atoms with Crippen molar-refractivity contribution in [1.29, 1.82) is 0 Å². The summed E-state index contributed by atoms with van der Waals surface area (Å²) in [4.78, 5) is 28.4. The van der Waals surface area contributed by atoms with Crippen molar-refractivity contribution < 1.29 is 9.59 Å². The lowest BCUT2D eigenvalue weighted by atomic mass is 9.95. The molecule has 1 aromatic carbocycles. The van der Waals surface area contributed by atoms with Crippen LogP contribution < -0.4 is 16.0 Å². The molecule has 0 atom stereocenters. The number of nitrogens with one attached hydrogen (secondary N) is 3. The third kappa shape index (κ3) is 5.71. The van der Waals surface area contributed by atoms with E-state index in [1.807, 2.05) is 0 Å². The molecular formula is C18H21ClN4O2S. The highest BCUT2D eigenvalue weighted by Crippen LogP contribution is 2.19. The average molecular weight is 393 g/mol. The monoisotopic (exact) mass is 392 g/mol. The maximum absolute atomic E-state index is 12.1. The fourth-order valence-corrected chi connectivity index (χ4v) is 3.76. The maximum Gasteiger partial charge on any atom is 0.325 e. The van der Waals surface area contributed by atoms with E-state index in [1.165, 1.54) is 30.6 Å². The molecule has 1 aromatic heterocycles. The van der Waals surface area contributed by atoms with Gasteiger partial charge in [0.1, 0.15) is 0 Å². The standard InChI is InChI=1S/C18H21ClN4O2S/c19-12-6-8-14(9-7-12)21-17(25)23-18-22-15(11-26-18)10-16(24)20-13-4-2-1-3-5-13/h6-9,11,13H,1-5,10H2,(H,20,24)(H2,21,22,23,25). The minimum atomic E-state index is -0.389. The number of urea groups is 1. The molecule has 2 aromatic rings. The van der Waals surface area contributed by atoms with E-state index in [4.69, 9.17) is 11.6 Å². The summed E-state index contributed by atoms with van der Waals surface area (Å²) >= 11 is 7.11. The quantitative estimate of drug-likeness (QED) is 0.703. The van der Waals surface area contributed by atoms with Crippen LogP contribution >= 0.6 is 22.9 Å². The first-order chi connectivity index (χ1) is 12.6. The van der Waals surface area contributed by atoms with Gasteiger partial charge >= 0.3 is 6.03 Å². The largest absolute Gasteiger partial charge is 0.353 e. The maximum atomic E-state index is 12.1. The van der Waals surface area contributed by atoms with Crippen molar-refractivity contribution in [2.45, 2.75) is 44.6 Å². The number of hydrogen-bond donors (Lipinski definition) is 3. The Labute approximate surface area is 161 Å². The molecule has 1 aliphatic rings. The Morgan fingerprint density at radius 2 is 1.85 bits per heavy atom. The van der Waals surface area contributed by atoms with E-state index >= 15 is 0 Å². The van der Waals surface area contributed by atoms with E-state index in [1.54, 1.807) is 29.6 Å². The molecule has 0 bridgehead atoms. The Bertz CT molecular complexity index is 757. The molecule has 3 N–H and O–H groups in total. The van der Waals surface area contributed by atoms with Gasteiger partial charge in [0.05, 0.1) is 12.1 Å². The number of halogens is 1. The van der Waals surface area contributed by atoms with Gasteiger partial charge in [0, 0.05) is 22.1 Å². The molecule has 6 nitrogen and oxygen atoms in total. The number of nitrogens with zero attached hydrogens (tertiary/aromatic N) is 1. The van der Waals surface area contributed by atoms with Crippen molar-refractivity contribution in [2.75, 3.05) is 10.6 Å². The number of aromatic nitrogens is 1. The van der Waals surface area contributed by atoms with Gasteiger partial charge in [-0.1, -0.05) is 30.9 Å². The van der Waals surface area contributed by atoms with E-state index in [2.05, 4.69) is 20.9 Å². The molecule has 0 spiro atoms. The molecule has 8 heteroatoms. The van der Waals surface area contributed by atoms with Gasteiger partial charge in [-0.15, -0.1) is 11.3 Å².